The van der Waals surface area contributed by atoms with Crippen molar-refractivity contribution in [3.05, 3.63) is 29.8 Å². The molecule has 2 saturated heterocycles. The van der Waals surface area contributed by atoms with Crippen molar-refractivity contribution in [1.82, 2.24) is 15.1 Å². The molecular weight excluding hydrogens is 364 g/mol. The molecule has 1 atom stereocenters. The molecule has 2 aliphatic rings. The number of aliphatic imine (C=N–C) groups is 1. The van der Waals surface area contributed by atoms with Crippen molar-refractivity contribution in [1.29, 1.82) is 0 Å². The zero-order valence-electron chi connectivity index (χ0n) is 18.4. The molecule has 0 amide bonds. The highest BCUT2D eigenvalue weighted by molar-refractivity contribution is 5.80. The Morgan fingerprint density at radius 3 is 2.66 bits per heavy atom. The molecule has 0 aliphatic carbocycles. The summed E-state index contributed by atoms with van der Waals surface area (Å²) in [4.78, 5) is 9.47. The monoisotopic (exact) mass is 402 g/mol. The van der Waals surface area contributed by atoms with Gasteiger partial charge in [0.2, 0.25) is 0 Å². The number of hydrogen-bond donors (Lipinski definition) is 1. The van der Waals surface area contributed by atoms with Gasteiger partial charge < -0.3 is 19.7 Å². The molecule has 0 spiro atoms. The van der Waals surface area contributed by atoms with Crippen molar-refractivity contribution in [2.45, 2.75) is 26.7 Å². The van der Waals surface area contributed by atoms with Gasteiger partial charge in [0.15, 0.2) is 5.96 Å². The van der Waals surface area contributed by atoms with E-state index in [4.69, 9.17) is 9.47 Å². The Morgan fingerprint density at radius 2 is 1.97 bits per heavy atom. The lowest BCUT2D eigenvalue weighted by molar-refractivity contribution is 0.0315. The van der Waals surface area contributed by atoms with Crippen LogP contribution in [0.4, 0.5) is 0 Å². The highest BCUT2D eigenvalue weighted by Gasteiger charge is 2.26. The topological polar surface area (TPSA) is 49.3 Å². The number of morpholine rings is 1. The van der Waals surface area contributed by atoms with Crippen LogP contribution in [-0.4, -0.2) is 81.9 Å². The van der Waals surface area contributed by atoms with Crippen molar-refractivity contribution in [2.75, 3.05) is 66.1 Å². The maximum absolute atomic E-state index is 5.76. The van der Waals surface area contributed by atoms with E-state index in [-0.39, 0.29) is 0 Å². The molecule has 0 aromatic heterocycles. The van der Waals surface area contributed by atoms with Gasteiger partial charge in [0.25, 0.3) is 0 Å². The lowest BCUT2D eigenvalue weighted by Gasteiger charge is -2.29. The second-order valence-electron chi connectivity index (χ2n) is 8.59. The van der Waals surface area contributed by atoms with E-state index < -0.39 is 0 Å². The highest BCUT2D eigenvalue weighted by Crippen LogP contribution is 2.18. The summed E-state index contributed by atoms with van der Waals surface area (Å²) in [6.07, 6.45) is 2.23. The molecule has 1 N–H and O–H groups in total. The van der Waals surface area contributed by atoms with Gasteiger partial charge in [-0.05, 0) is 42.4 Å². The van der Waals surface area contributed by atoms with Crippen molar-refractivity contribution in [3.8, 4) is 5.75 Å². The fourth-order valence-electron chi connectivity index (χ4n) is 3.99. The number of benzene rings is 1. The van der Waals surface area contributed by atoms with Gasteiger partial charge in [-0.25, -0.2) is 0 Å². The van der Waals surface area contributed by atoms with E-state index >= 15 is 0 Å². The van der Waals surface area contributed by atoms with E-state index in [2.05, 4.69) is 58.2 Å². The van der Waals surface area contributed by atoms with Gasteiger partial charge in [-0.1, -0.05) is 26.0 Å². The minimum Gasteiger partial charge on any atom is -0.493 e. The minimum atomic E-state index is 0.546. The van der Waals surface area contributed by atoms with Crippen LogP contribution in [0.5, 0.6) is 5.75 Å². The van der Waals surface area contributed by atoms with Gasteiger partial charge in [0.05, 0.1) is 19.8 Å². The number of rotatable bonds is 8. The average Bonchev–Trinajstić information content (AvgIpc) is 3.19. The SMILES string of the molecule is CN=C(NCCc1ccc(OCC(C)C)cc1)N1CCC(CN2CCOCC2)C1. The lowest BCUT2D eigenvalue weighted by atomic mass is 10.1. The predicted octanol–water partition coefficient (Wildman–Crippen LogP) is 2.49. The average molecular weight is 403 g/mol. The second kappa shape index (κ2) is 11.4. The minimum absolute atomic E-state index is 0.546. The Balaban J connectivity index is 1.38. The van der Waals surface area contributed by atoms with Crippen LogP contribution < -0.4 is 10.1 Å². The third kappa shape index (κ3) is 7.19. The maximum Gasteiger partial charge on any atom is 0.193 e. The second-order valence-corrected chi connectivity index (χ2v) is 8.59. The summed E-state index contributed by atoms with van der Waals surface area (Å²) in [5, 5.41) is 3.55. The summed E-state index contributed by atoms with van der Waals surface area (Å²) in [5.74, 6) is 3.26. The Kier molecular flexibility index (Phi) is 8.62. The first-order valence-corrected chi connectivity index (χ1v) is 11.1. The standard InChI is InChI=1S/C23H38N4O2/c1-19(2)18-29-22-6-4-20(5-7-22)8-10-25-23(24-3)27-11-9-21(17-27)16-26-12-14-28-15-13-26/h4-7,19,21H,8-18H2,1-3H3,(H,24,25). The first-order chi connectivity index (χ1) is 14.1. The predicted molar refractivity (Wildman–Crippen MR) is 119 cm³/mol. The fourth-order valence-corrected chi connectivity index (χ4v) is 3.99. The summed E-state index contributed by atoms with van der Waals surface area (Å²) >= 11 is 0. The first-order valence-electron chi connectivity index (χ1n) is 11.1. The molecule has 0 saturated carbocycles. The van der Waals surface area contributed by atoms with Crippen LogP contribution in [0.25, 0.3) is 0 Å². The molecule has 6 heteroatoms. The summed E-state index contributed by atoms with van der Waals surface area (Å²) in [7, 11) is 1.89. The Bertz CT molecular complexity index is 626. The molecule has 29 heavy (non-hydrogen) atoms. The third-order valence-corrected chi connectivity index (χ3v) is 5.62. The molecule has 2 aliphatic heterocycles. The molecule has 3 rings (SSSR count). The molecule has 2 heterocycles. The summed E-state index contributed by atoms with van der Waals surface area (Å²) < 4.78 is 11.2. The quantitative estimate of drug-likeness (QED) is 0.535. The van der Waals surface area contributed by atoms with Crippen LogP contribution in [0.15, 0.2) is 29.3 Å². The zero-order chi connectivity index (χ0) is 20.5. The van der Waals surface area contributed by atoms with Crippen LogP contribution in [0, 0.1) is 11.8 Å². The van der Waals surface area contributed by atoms with Gasteiger partial charge in [-0.15, -0.1) is 0 Å². The van der Waals surface area contributed by atoms with E-state index in [1.807, 2.05) is 7.05 Å². The van der Waals surface area contributed by atoms with Crippen molar-refractivity contribution < 1.29 is 9.47 Å². The molecule has 1 aromatic carbocycles. The third-order valence-electron chi connectivity index (χ3n) is 5.62. The molecule has 0 radical (unpaired) electrons. The smallest absolute Gasteiger partial charge is 0.193 e. The van der Waals surface area contributed by atoms with Gasteiger partial charge >= 0.3 is 0 Å². The number of guanidine groups is 1. The van der Waals surface area contributed by atoms with E-state index in [1.54, 1.807) is 0 Å². The Hall–Kier alpha value is -1.79. The summed E-state index contributed by atoms with van der Waals surface area (Å²) in [5.41, 5.74) is 1.32. The Morgan fingerprint density at radius 1 is 1.21 bits per heavy atom. The van der Waals surface area contributed by atoms with E-state index in [0.29, 0.717) is 5.92 Å². The molecule has 162 valence electrons. The van der Waals surface area contributed by atoms with Crippen molar-refractivity contribution in [3.63, 3.8) is 0 Å². The number of nitrogens with zero attached hydrogens (tertiary/aromatic N) is 3. The van der Waals surface area contributed by atoms with Crippen LogP contribution in [0.3, 0.4) is 0 Å². The van der Waals surface area contributed by atoms with Gasteiger partial charge in [-0.3, -0.25) is 9.89 Å². The lowest BCUT2D eigenvalue weighted by Crippen LogP contribution is -2.42. The fraction of sp³-hybridized carbons (Fsp3) is 0.696. The van der Waals surface area contributed by atoms with E-state index in [9.17, 15) is 0 Å². The molecule has 2 fully saturated rings. The van der Waals surface area contributed by atoms with Gasteiger partial charge in [-0.2, -0.15) is 0 Å². The number of likely N-dealkylation sites (tertiary alicyclic amines) is 1. The summed E-state index contributed by atoms with van der Waals surface area (Å²) in [6.45, 7) is 13.3. The Labute approximate surface area is 176 Å². The van der Waals surface area contributed by atoms with Gasteiger partial charge in [0, 0.05) is 46.3 Å². The number of ether oxygens (including phenoxy) is 2. The largest absolute Gasteiger partial charge is 0.493 e. The highest BCUT2D eigenvalue weighted by atomic mass is 16.5. The molecule has 1 unspecified atom stereocenters. The molecule has 0 bridgehead atoms. The van der Waals surface area contributed by atoms with E-state index in [0.717, 1.165) is 76.6 Å². The first kappa shape index (κ1) is 21.9. The zero-order valence-corrected chi connectivity index (χ0v) is 18.4. The molecular formula is C23H38N4O2. The molecule has 6 nitrogen and oxygen atoms in total. The molecule has 1 aromatic rings. The maximum atomic E-state index is 5.76. The van der Waals surface area contributed by atoms with Crippen molar-refractivity contribution >= 4 is 5.96 Å². The normalized spacial score (nSPS) is 21.0. The summed E-state index contributed by atoms with van der Waals surface area (Å²) in [6, 6.07) is 8.47. The number of nitrogens with one attached hydrogen (secondary N) is 1. The van der Waals surface area contributed by atoms with Crippen LogP contribution in [0.1, 0.15) is 25.8 Å². The van der Waals surface area contributed by atoms with E-state index in [1.165, 1.54) is 18.5 Å². The van der Waals surface area contributed by atoms with Crippen LogP contribution in [0.2, 0.25) is 0 Å². The number of hydrogen-bond acceptors (Lipinski definition) is 4. The van der Waals surface area contributed by atoms with Crippen LogP contribution >= 0.6 is 0 Å². The van der Waals surface area contributed by atoms with Crippen molar-refractivity contribution in [2.24, 2.45) is 16.8 Å². The van der Waals surface area contributed by atoms with Crippen LogP contribution in [-0.2, 0) is 11.2 Å². The van der Waals surface area contributed by atoms with Gasteiger partial charge in [0.1, 0.15) is 5.75 Å².